The smallest absolute Gasteiger partial charge is 0.407 e. The molecular weight excluding hydrogens is 506 g/mol. The molecule has 0 unspecified atom stereocenters. The Labute approximate surface area is 225 Å². The van der Waals surface area contributed by atoms with Crippen LogP contribution in [0.5, 0.6) is 5.75 Å². The number of nitrogens with one attached hydrogen (secondary N) is 2. The van der Waals surface area contributed by atoms with Crippen LogP contribution in [0, 0.1) is 5.92 Å². The van der Waals surface area contributed by atoms with Crippen LogP contribution in [0.3, 0.4) is 0 Å². The second kappa shape index (κ2) is 13.4. The zero-order valence-corrected chi connectivity index (χ0v) is 22.7. The van der Waals surface area contributed by atoms with Crippen molar-refractivity contribution in [3.05, 3.63) is 60.2 Å². The molecule has 0 aromatic heterocycles. The van der Waals surface area contributed by atoms with E-state index in [0.29, 0.717) is 25.3 Å². The van der Waals surface area contributed by atoms with E-state index in [4.69, 9.17) is 9.47 Å². The number of aliphatic hydroxyl groups is 1. The molecule has 1 saturated carbocycles. The third-order valence-corrected chi connectivity index (χ3v) is 9.23. The lowest BCUT2D eigenvalue weighted by Gasteiger charge is -2.31. The highest BCUT2D eigenvalue weighted by molar-refractivity contribution is 7.89. The molecule has 38 heavy (non-hydrogen) atoms. The monoisotopic (exact) mass is 545 g/mol. The maximum atomic E-state index is 13.7. The minimum absolute atomic E-state index is 0.143. The number of rotatable bonds is 12. The average Bonchev–Trinajstić information content (AvgIpc) is 3.63. The van der Waals surface area contributed by atoms with Crippen molar-refractivity contribution in [2.24, 2.45) is 5.92 Å². The van der Waals surface area contributed by atoms with Crippen LogP contribution in [-0.4, -0.2) is 75.5 Å². The average molecular weight is 546 g/mol. The minimum Gasteiger partial charge on any atom is -0.497 e. The third-order valence-electron chi connectivity index (χ3n) is 7.38. The first-order valence-corrected chi connectivity index (χ1v) is 14.8. The first kappa shape index (κ1) is 28.4. The van der Waals surface area contributed by atoms with Gasteiger partial charge in [-0.2, -0.15) is 4.31 Å². The molecule has 0 spiro atoms. The fourth-order valence-corrected chi connectivity index (χ4v) is 6.74. The predicted molar refractivity (Wildman–Crippen MR) is 145 cm³/mol. The van der Waals surface area contributed by atoms with Gasteiger partial charge in [0.25, 0.3) is 0 Å². The van der Waals surface area contributed by atoms with Crippen LogP contribution in [0.2, 0.25) is 0 Å². The Hall–Kier alpha value is -2.66. The number of carbonyl (C=O) groups is 1. The lowest BCUT2D eigenvalue weighted by Crippen LogP contribution is -2.51. The maximum absolute atomic E-state index is 13.7. The van der Waals surface area contributed by atoms with Gasteiger partial charge >= 0.3 is 6.09 Å². The van der Waals surface area contributed by atoms with Crippen molar-refractivity contribution in [1.29, 1.82) is 0 Å². The van der Waals surface area contributed by atoms with Crippen LogP contribution in [-0.2, 0) is 21.2 Å². The largest absolute Gasteiger partial charge is 0.497 e. The number of hydrogen-bond acceptors (Lipinski definition) is 7. The third kappa shape index (κ3) is 7.69. The standard InChI is InChI=1S/C28H39N3O6S/c1-36-23-11-13-25(14-12-23)38(34,35)31(19-22-9-5-6-10-22)20-27(32)26(17-21-7-3-2-4-8-21)30-28(33)37-24-15-16-29-18-24/h2-4,7-8,11-14,22,24,26-27,29,32H,5-6,9-10,15-20H2,1H3,(H,30,33)/t24-,26+,27-/m1/s1. The molecule has 2 aromatic carbocycles. The molecule has 1 amide bonds. The summed E-state index contributed by atoms with van der Waals surface area (Å²) in [6.45, 7) is 1.55. The molecule has 2 aromatic rings. The van der Waals surface area contributed by atoms with E-state index in [1.165, 1.54) is 23.5 Å². The van der Waals surface area contributed by atoms with Crippen LogP contribution in [0.25, 0.3) is 0 Å². The maximum Gasteiger partial charge on any atom is 0.407 e. The summed E-state index contributed by atoms with van der Waals surface area (Å²) in [6.07, 6.45) is 3.13. The van der Waals surface area contributed by atoms with E-state index >= 15 is 0 Å². The molecule has 3 atom stereocenters. The highest BCUT2D eigenvalue weighted by Gasteiger charge is 2.33. The number of carbonyl (C=O) groups excluding carboxylic acids is 1. The van der Waals surface area contributed by atoms with E-state index in [1.54, 1.807) is 12.1 Å². The van der Waals surface area contributed by atoms with Gasteiger partial charge in [-0.1, -0.05) is 43.2 Å². The number of benzene rings is 2. The lowest BCUT2D eigenvalue weighted by atomic mass is 10.0. The summed E-state index contributed by atoms with van der Waals surface area (Å²) in [5, 5.41) is 17.4. The van der Waals surface area contributed by atoms with Crippen molar-refractivity contribution in [2.45, 2.75) is 61.7 Å². The minimum atomic E-state index is -3.90. The lowest BCUT2D eigenvalue weighted by molar-refractivity contribution is 0.0752. The fourth-order valence-electron chi connectivity index (χ4n) is 5.20. The molecule has 1 aliphatic carbocycles. The van der Waals surface area contributed by atoms with E-state index in [1.807, 2.05) is 30.3 Å². The van der Waals surface area contributed by atoms with Gasteiger partial charge in [-0.05, 0) is 68.0 Å². The Kier molecular flexibility index (Phi) is 10.0. The Morgan fingerprint density at radius 2 is 1.82 bits per heavy atom. The number of hydrogen-bond donors (Lipinski definition) is 3. The molecule has 208 valence electrons. The number of amides is 1. The summed E-state index contributed by atoms with van der Waals surface area (Å²) < 4.78 is 39.6. The quantitative estimate of drug-likeness (QED) is 0.375. The van der Waals surface area contributed by atoms with Gasteiger partial charge in [0.15, 0.2) is 0 Å². The summed E-state index contributed by atoms with van der Waals surface area (Å²) in [6, 6.07) is 15.0. The molecule has 2 fully saturated rings. The first-order chi connectivity index (χ1) is 18.3. The highest BCUT2D eigenvalue weighted by Crippen LogP contribution is 2.29. The van der Waals surface area contributed by atoms with Crippen molar-refractivity contribution >= 4 is 16.1 Å². The van der Waals surface area contributed by atoms with Crippen LogP contribution in [0.15, 0.2) is 59.5 Å². The summed E-state index contributed by atoms with van der Waals surface area (Å²) in [5.74, 6) is 0.796. The predicted octanol–water partition coefficient (Wildman–Crippen LogP) is 2.94. The summed E-state index contributed by atoms with van der Waals surface area (Å²) in [5.41, 5.74) is 0.916. The van der Waals surface area contributed by atoms with Crippen molar-refractivity contribution in [1.82, 2.24) is 14.9 Å². The van der Waals surface area contributed by atoms with E-state index < -0.39 is 28.3 Å². The van der Waals surface area contributed by atoms with Gasteiger partial charge in [-0.3, -0.25) is 0 Å². The van der Waals surface area contributed by atoms with Gasteiger partial charge in [0.05, 0.1) is 24.2 Å². The molecule has 9 nitrogen and oxygen atoms in total. The number of ether oxygens (including phenoxy) is 2. The Balaban J connectivity index is 1.54. The van der Waals surface area contributed by atoms with E-state index in [0.717, 1.165) is 44.2 Å². The number of alkyl carbamates (subject to hydrolysis) is 1. The van der Waals surface area contributed by atoms with Gasteiger partial charge in [0.2, 0.25) is 10.0 Å². The van der Waals surface area contributed by atoms with E-state index in [-0.39, 0.29) is 23.5 Å². The van der Waals surface area contributed by atoms with Crippen molar-refractivity contribution in [3.63, 3.8) is 0 Å². The number of sulfonamides is 1. The Bertz CT molecular complexity index is 1120. The van der Waals surface area contributed by atoms with Gasteiger partial charge < -0.3 is 25.2 Å². The van der Waals surface area contributed by atoms with E-state index in [2.05, 4.69) is 10.6 Å². The molecule has 1 heterocycles. The zero-order chi connectivity index (χ0) is 27.0. The van der Waals surface area contributed by atoms with Crippen molar-refractivity contribution in [2.75, 3.05) is 33.3 Å². The zero-order valence-electron chi connectivity index (χ0n) is 21.9. The van der Waals surface area contributed by atoms with Gasteiger partial charge in [0, 0.05) is 19.6 Å². The van der Waals surface area contributed by atoms with Crippen LogP contribution >= 0.6 is 0 Å². The topological polar surface area (TPSA) is 117 Å². The number of aliphatic hydroxyl groups excluding tert-OH is 1. The van der Waals surface area contributed by atoms with Crippen molar-refractivity contribution in [3.8, 4) is 5.75 Å². The molecule has 0 radical (unpaired) electrons. The fraction of sp³-hybridized carbons (Fsp3) is 0.536. The van der Waals surface area contributed by atoms with E-state index in [9.17, 15) is 18.3 Å². The normalized spacial score (nSPS) is 19.8. The summed E-state index contributed by atoms with van der Waals surface area (Å²) in [4.78, 5) is 12.9. The summed E-state index contributed by atoms with van der Waals surface area (Å²) >= 11 is 0. The summed E-state index contributed by atoms with van der Waals surface area (Å²) in [7, 11) is -2.37. The van der Waals surface area contributed by atoms with Crippen LogP contribution in [0.1, 0.15) is 37.7 Å². The highest BCUT2D eigenvalue weighted by atomic mass is 32.2. The van der Waals surface area contributed by atoms with Gasteiger partial charge in [-0.25, -0.2) is 13.2 Å². The number of nitrogens with zero attached hydrogens (tertiary/aromatic N) is 1. The second-order valence-corrected chi connectivity index (χ2v) is 12.1. The van der Waals surface area contributed by atoms with Crippen LogP contribution < -0.4 is 15.4 Å². The Morgan fingerprint density at radius 3 is 2.45 bits per heavy atom. The molecule has 3 N–H and O–H groups in total. The van der Waals surface area contributed by atoms with Crippen LogP contribution in [0.4, 0.5) is 4.79 Å². The molecule has 10 heteroatoms. The van der Waals surface area contributed by atoms with Gasteiger partial charge in [0.1, 0.15) is 11.9 Å². The van der Waals surface area contributed by atoms with Crippen molar-refractivity contribution < 1.29 is 27.8 Å². The molecule has 1 aliphatic heterocycles. The molecular formula is C28H39N3O6S. The Morgan fingerprint density at radius 1 is 1.11 bits per heavy atom. The molecule has 4 rings (SSSR count). The SMILES string of the molecule is COc1ccc(S(=O)(=O)N(CC2CCCC2)C[C@@H](O)[C@H](Cc2ccccc2)NC(=O)O[C@@H]2CCNC2)cc1. The van der Waals surface area contributed by atoms with Gasteiger partial charge in [-0.15, -0.1) is 0 Å². The molecule has 1 saturated heterocycles. The first-order valence-electron chi connectivity index (χ1n) is 13.4. The second-order valence-electron chi connectivity index (χ2n) is 10.2. The molecule has 0 bridgehead atoms. The molecule has 2 aliphatic rings. The number of methoxy groups -OCH3 is 1.